The molecule has 2 N–H and O–H groups in total. The van der Waals surface area contributed by atoms with E-state index in [4.69, 9.17) is 10.5 Å². The van der Waals surface area contributed by atoms with Crippen LogP contribution >= 0.6 is 0 Å². The molecule has 0 aliphatic carbocycles. The van der Waals surface area contributed by atoms with Crippen molar-refractivity contribution in [1.82, 2.24) is 4.90 Å². The van der Waals surface area contributed by atoms with Crippen LogP contribution in [0, 0.1) is 0 Å². The summed E-state index contributed by atoms with van der Waals surface area (Å²) in [5.74, 6) is 0.934. The van der Waals surface area contributed by atoms with E-state index in [2.05, 4.69) is 37.8 Å². The van der Waals surface area contributed by atoms with Gasteiger partial charge in [-0.05, 0) is 63.9 Å². The summed E-state index contributed by atoms with van der Waals surface area (Å²) >= 11 is 0. The van der Waals surface area contributed by atoms with Crippen molar-refractivity contribution in [2.45, 2.75) is 58.0 Å². The summed E-state index contributed by atoms with van der Waals surface area (Å²) in [5.41, 5.74) is 7.75. The topological polar surface area (TPSA) is 38.5 Å². The van der Waals surface area contributed by atoms with E-state index in [0.717, 1.165) is 18.8 Å². The fraction of sp³-hybridized carbons (Fsp3) is 0.667. The van der Waals surface area contributed by atoms with Crippen LogP contribution in [0.25, 0.3) is 0 Å². The number of rotatable bonds is 6. The average Bonchev–Trinajstić information content (AvgIpc) is 2.53. The minimum absolute atomic E-state index is 0.00773. The normalized spacial score (nSPS) is 18.5. The van der Waals surface area contributed by atoms with Crippen molar-refractivity contribution in [3.63, 3.8) is 0 Å². The molecule has 21 heavy (non-hydrogen) atoms. The fourth-order valence-electron chi connectivity index (χ4n) is 3.07. The van der Waals surface area contributed by atoms with Gasteiger partial charge in [0, 0.05) is 11.6 Å². The molecule has 3 nitrogen and oxygen atoms in total. The summed E-state index contributed by atoms with van der Waals surface area (Å²) in [7, 11) is 0. The molecule has 0 amide bonds. The predicted octanol–water partition coefficient (Wildman–Crippen LogP) is 3.74. The van der Waals surface area contributed by atoms with Gasteiger partial charge in [0.1, 0.15) is 5.75 Å². The molecule has 118 valence electrons. The Bertz CT molecular complexity index is 421. The second-order valence-corrected chi connectivity index (χ2v) is 6.60. The lowest BCUT2D eigenvalue weighted by molar-refractivity contribution is 0.0729. The second-order valence-electron chi connectivity index (χ2n) is 6.60. The van der Waals surface area contributed by atoms with E-state index in [0.29, 0.717) is 0 Å². The van der Waals surface area contributed by atoms with Gasteiger partial charge in [-0.15, -0.1) is 0 Å². The van der Waals surface area contributed by atoms with E-state index in [1.165, 1.54) is 37.9 Å². The number of nitrogens with zero attached hydrogens (tertiary/aromatic N) is 1. The number of ether oxygens (including phenoxy) is 1. The summed E-state index contributed by atoms with van der Waals surface area (Å²) in [6.45, 7) is 9.75. The summed E-state index contributed by atoms with van der Waals surface area (Å²) in [6, 6.07) is 8.33. The van der Waals surface area contributed by atoms with Crippen molar-refractivity contribution in [2.75, 3.05) is 19.7 Å². The van der Waals surface area contributed by atoms with Crippen molar-refractivity contribution in [1.29, 1.82) is 0 Å². The van der Waals surface area contributed by atoms with E-state index in [1.54, 1.807) is 0 Å². The average molecular weight is 290 g/mol. The Morgan fingerprint density at radius 1 is 1.14 bits per heavy atom. The van der Waals surface area contributed by atoms with Crippen LogP contribution in [0.3, 0.4) is 0 Å². The highest BCUT2D eigenvalue weighted by atomic mass is 16.5. The van der Waals surface area contributed by atoms with Crippen LogP contribution in [-0.4, -0.2) is 30.1 Å². The minimum Gasteiger partial charge on any atom is -0.494 e. The first-order valence-electron chi connectivity index (χ1n) is 8.29. The number of nitrogens with two attached hydrogens (primary N) is 1. The SMILES string of the molecule is CCCOc1ccc(C(N)C(C)(C)N2CCCCC2)cc1. The Morgan fingerprint density at radius 3 is 2.33 bits per heavy atom. The minimum atomic E-state index is -0.00773. The predicted molar refractivity (Wildman–Crippen MR) is 88.7 cm³/mol. The molecule has 0 aromatic heterocycles. The third-order valence-electron chi connectivity index (χ3n) is 4.64. The molecular formula is C18H30N2O. The van der Waals surface area contributed by atoms with Gasteiger partial charge in [0.15, 0.2) is 0 Å². The van der Waals surface area contributed by atoms with Gasteiger partial charge in [0.05, 0.1) is 6.61 Å². The maximum Gasteiger partial charge on any atom is 0.119 e. The maximum absolute atomic E-state index is 6.57. The van der Waals surface area contributed by atoms with Gasteiger partial charge in [0.2, 0.25) is 0 Å². The van der Waals surface area contributed by atoms with E-state index < -0.39 is 0 Å². The third-order valence-corrected chi connectivity index (χ3v) is 4.64. The highest BCUT2D eigenvalue weighted by Crippen LogP contribution is 2.32. The zero-order valence-corrected chi connectivity index (χ0v) is 13.8. The fourth-order valence-corrected chi connectivity index (χ4v) is 3.07. The van der Waals surface area contributed by atoms with Gasteiger partial charge in [-0.25, -0.2) is 0 Å². The maximum atomic E-state index is 6.57. The monoisotopic (exact) mass is 290 g/mol. The number of benzene rings is 1. The largest absolute Gasteiger partial charge is 0.494 e. The highest BCUT2D eigenvalue weighted by Gasteiger charge is 2.34. The van der Waals surface area contributed by atoms with Gasteiger partial charge >= 0.3 is 0 Å². The van der Waals surface area contributed by atoms with Crippen molar-refractivity contribution in [3.05, 3.63) is 29.8 Å². The first-order chi connectivity index (χ1) is 10.1. The Labute approximate surface area is 129 Å². The molecule has 1 saturated heterocycles. The molecule has 2 rings (SSSR count). The molecule has 0 bridgehead atoms. The lowest BCUT2D eigenvalue weighted by Crippen LogP contribution is -2.53. The first-order valence-corrected chi connectivity index (χ1v) is 8.29. The molecule has 1 fully saturated rings. The Morgan fingerprint density at radius 2 is 1.76 bits per heavy atom. The van der Waals surface area contributed by atoms with Crippen molar-refractivity contribution >= 4 is 0 Å². The van der Waals surface area contributed by atoms with Gasteiger partial charge in [-0.1, -0.05) is 25.5 Å². The molecule has 1 aromatic carbocycles. The van der Waals surface area contributed by atoms with Crippen LogP contribution in [0.2, 0.25) is 0 Å². The van der Waals surface area contributed by atoms with Gasteiger partial charge in [0.25, 0.3) is 0 Å². The van der Waals surface area contributed by atoms with Crippen LogP contribution < -0.4 is 10.5 Å². The Hall–Kier alpha value is -1.06. The van der Waals surface area contributed by atoms with Crippen LogP contribution in [0.5, 0.6) is 5.75 Å². The molecule has 0 radical (unpaired) electrons. The summed E-state index contributed by atoms with van der Waals surface area (Å²) in [4.78, 5) is 2.54. The van der Waals surface area contributed by atoms with Crippen molar-refractivity contribution in [2.24, 2.45) is 5.73 Å². The molecular weight excluding hydrogens is 260 g/mol. The molecule has 0 spiro atoms. The number of hydrogen-bond acceptors (Lipinski definition) is 3. The van der Waals surface area contributed by atoms with Gasteiger partial charge in [-0.3, -0.25) is 4.90 Å². The van der Waals surface area contributed by atoms with E-state index in [9.17, 15) is 0 Å². The molecule has 1 heterocycles. The van der Waals surface area contributed by atoms with E-state index in [1.807, 2.05) is 12.1 Å². The Balaban J connectivity index is 2.05. The molecule has 1 aromatic rings. The lowest BCUT2D eigenvalue weighted by atomic mass is 9.86. The second kappa shape index (κ2) is 7.28. The van der Waals surface area contributed by atoms with Crippen molar-refractivity contribution < 1.29 is 4.74 Å². The molecule has 1 unspecified atom stereocenters. The zero-order valence-electron chi connectivity index (χ0n) is 13.8. The van der Waals surface area contributed by atoms with E-state index in [-0.39, 0.29) is 11.6 Å². The molecule has 1 atom stereocenters. The smallest absolute Gasteiger partial charge is 0.119 e. The van der Waals surface area contributed by atoms with Crippen LogP contribution in [0.1, 0.15) is 58.1 Å². The molecule has 3 heteroatoms. The summed E-state index contributed by atoms with van der Waals surface area (Å²) < 4.78 is 5.64. The number of piperidine rings is 1. The molecule has 1 aliphatic heterocycles. The lowest BCUT2D eigenvalue weighted by Gasteiger charge is -2.44. The molecule has 1 aliphatic rings. The number of hydrogen-bond donors (Lipinski definition) is 1. The first kappa shape index (κ1) is 16.3. The standard InChI is InChI=1S/C18H30N2O/c1-4-14-21-16-10-8-15(9-11-16)17(19)18(2,3)20-12-6-5-7-13-20/h8-11,17H,4-7,12-14,19H2,1-3H3. The van der Waals surface area contributed by atoms with Crippen molar-refractivity contribution in [3.8, 4) is 5.75 Å². The van der Waals surface area contributed by atoms with Crippen LogP contribution in [-0.2, 0) is 0 Å². The number of likely N-dealkylation sites (tertiary alicyclic amines) is 1. The van der Waals surface area contributed by atoms with Crippen LogP contribution in [0.15, 0.2) is 24.3 Å². The highest BCUT2D eigenvalue weighted by molar-refractivity contribution is 5.30. The van der Waals surface area contributed by atoms with Crippen LogP contribution in [0.4, 0.5) is 0 Å². The quantitative estimate of drug-likeness (QED) is 0.867. The molecule has 0 saturated carbocycles. The Kier molecular flexibility index (Phi) is 5.65. The third kappa shape index (κ3) is 3.98. The van der Waals surface area contributed by atoms with Gasteiger partial charge < -0.3 is 10.5 Å². The zero-order chi connectivity index (χ0) is 15.3. The summed E-state index contributed by atoms with van der Waals surface area (Å²) in [5, 5.41) is 0. The summed E-state index contributed by atoms with van der Waals surface area (Å²) in [6.07, 6.45) is 4.97. The van der Waals surface area contributed by atoms with Gasteiger partial charge in [-0.2, -0.15) is 0 Å². The van der Waals surface area contributed by atoms with E-state index >= 15 is 0 Å².